The number of carboxylic acid groups (broad SMARTS) is 1. The number of carbonyl (C=O) groups is 2. The number of aryl methyl sites for hydroxylation is 2. The Hall–Kier alpha value is -1.91. The molecule has 0 spiro atoms. The fourth-order valence-electron chi connectivity index (χ4n) is 1.66. The van der Waals surface area contributed by atoms with Gasteiger partial charge in [0.1, 0.15) is 6.54 Å². The highest BCUT2D eigenvalue weighted by Gasteiger charge is 2.04. The maximum atomic E-state index is 11.4. The van der Waals surface area contributed by atoms with Crippen molar-refractivity contribution in [1.82, 2.24) is 5.32 Å². The van der Waals surface area contributed by atoms with E-state index in [-0.39, 0.29) is 18.9 Å². The lowest BCUT2D eigenvalue weighted by Gasteiger charge is -2.02. The molecule has 19 heavy (non-hydrogen) atoms. The summed E-state index contributed by atoms with van der Waals surface area (Å²) in [5.74, 6) is -0.966. The predicted molar refractivity (Wildman–Crippen MR) is 70.5 cm³/mol. The van der Waals surface area contributed by atoms with Crippen molar-refractivity contribution in [3.05, 3.63) is 30.1 Å². The maximum Gasteiger partial charge on any atom is 0.305 e. The van der Waals surface area contributed by atoms with Gasteiger partial charge < -0.3 is 10.4 Å². The van der Waals surface area contributed by atoms with Gasteiger partial charge in [-0.25, -0.2) is 4.57 Å². The first-order valence-corrected chi connectivity index (χ1v) is 6.52. The number of hydrogen-bond donors (Lipinski definition) is 2. The van der Waals surface area contributed by atoms with E-state index in [4.69, 9.17) is 5.11 Å². The van der Waals surface area contributed by atoms with Gasteiger partial charge in [0.05, 0.1) is 6.42 Å². The van der Waals surface area contributed by atoms with E-state index in [2.05, 4.69) is 22.0 Å². The van der Waals surface area contributed by atoms with Crippen LogP contribution in [0.1, 0.15) is 31.2 Å². The molecule has 1 aromatic heterocycles. The van der Waals surface area contributed by atoms with Crippen LogP contribution in [0, 0.1) is 6.92 Å². The minimum Gasteiger partial charge on any atom is -0.481 e. The summed E-state index contributed by atoms with van der Waals surface area (Å²) in [5.41, 5.74) is 1.23. The standard InChI is InChI=1S/C14H20N2O3/c1-12-6-10-16(11-7-12)9-3-2-4-13(17)15-8-5-14(18)19/h6-7,10-11H,2-5,8-9H2,1H3,(H-,15,17,18,19)/p+1. The van der Waals surface area contributed by atoms with Crippen molar-refractivity contribution in [1.29, 1.82) is 0 Å². The van der Waals surface area contributed by atoms with Crippen molar-refractivity contribution in [2.45, 2.75) is 39.2 Å². The van der Waals surface area contributed by atoms with Crippen molar-refractivity contribution in [3.8, 4) is 0 Å². The quantitative estimate of drug-likeness (QED) is 0.545. The molecule has 1 aromatic rings. The molecule has 5 heteroatoms. The average molecular weight is 265 g/mol. The minimum absolute atomic E-state index is 0.0229. The number of nitrogens with one attached hydrogen (secondary N) is 1. The van der Waals surface area contributed by atoms with Crippen molar-refractivity contribution < 1.29 is 19.3 Å². The average Bonchev–Trinajstić information content (AvgIpc) is 2.36. The van der Waals surface area contributed by atoms with E-state index in [9.17, 15) is 9.59 Å². The third kappa shape index (κ3) is 7.18. The van der Waals surface area contributed by atoms with Gasteiger partial charge in [0.25, 0.3) is 0 Å². The van der Waals surface area contributed by atoms with Gasteiger partial charge in [0.2, 0.25) is 5.91 Å². The number of aromatic nitrogens is 1. The molecule has 0 atom stereocenters. The first-order valence-electron chi connectivity index (χ1n) is 6.52. The van der Waals surface area contributed by atoms with Gasteiger partial charge in [0.15, 0.2) is 12.4 Å². The zero-order valence-electron chi connectivity index (χ0n) is 11.3. The number of unbranched alkanes of at least 4 members (excludes halogenated alkanes) is 1. The molecular formula is C14H21N2O3+. The second kappa shape index (κ2) is 8.24. The van der Waals surface area contributed by atoms with Crippen LogP contribution in [0.2, 0.25) is 0 Å². The number of amides is 1. The normalized spacial score (nSPS) is 10.2. The van der Waals surface area contributed by atoms with Gasteiger partial charge in [-0.3, -0.25) is 9.59 Å². The molecule has 104 valence electrons. The van der Waals surface area contributed by atoms with E-state index < -0.39 is 5.97 Å². The zero-order chi connectivity index (χ0) is 14.1. The highest BCUT2D eigenvalue weighted by molar-refractivity contribution is 5.76. The monoisotopic (exact) mass is 265 g/mol. The van der Waals surface area contributed by atoms with E-state index >= 15 is 0 Å². The Labute approximate surface area is 113 Å². The second-order valence-electron chi connectivity index (χ2n) is 4.56. The number of pyridine rings is 1. The lowest BCUT2D eigenvalue weighted by molar-refractivity contribution is -0.697. The number of carbonyl (C=O) groups excluding carboxylic acids is 1. The molecule has 2 N–H and O–H groups in total. The van der Waals surface area contributed by atoms with Crippen LogP contribution in [-0.4, -0.2) is 23.5 Å². The Morgan fingerprint density at radius 1 is 1.21 bits per heavy atom. The van der Waals surface area contributed by atoms with E-state index in [1.54, 1.807) is 0 Å². The van der Waals surface area contributed by atoms with Gasteiger partial charge >= 0.3 is 5.97 Å². The van der Waals surface area contributed by atoms with E-state index in [1.165, 1.54) is 5.56 Å². The van der Waals surface area contributed by atoms with Crippen LogP contribution in [0.15, 0.2) is 24.5 Å². The molecule has 0 fully saturated rings. The van der Waals surface area contributed by atoms with Crippen molar-refractivity contribution in [3.63, 3.8) is 0 Å². The summed E-state index contributed by atoms with van der Waals surface area (Å²) in [5, 5.41) is 11.0. The fraction of sp³-hybridized carbons (Fsp3) is 0.500. The molecule has 0 aliphatic rings. The molecule has 1 amide bonds. The van der Waals surface area contributed by atoms with Crippen LogP contribution in [-0.2, 0) is 16.1 Å². The topological polar surface area (TPSA) is 70.3 Å². The van der Waals surface area contributed by atoms with Crippen molar-refractivity contribution >= 4 is 11.9 Å². The van der Waals surface area contributed by atoms with Crippen LogP contribution < -0.4 is 9.88 Å². The van der Waals surface area contributed by atoms with Crippen LogP contribution in [0.5, 0.6) is 0 Å². The number of carboxylic acids is 1. The van der Waals surface area contributed by atoms with Gasteiger partial charge in [-0.05, 0) is 18.9 Å². The van der Waals surface area contributed by atoms with Crippen LogP contribution in [0.4, 0.5) is 0 Å². The van der Waals surface area contributed by atoms with Gasteiger partial charge in [-0.15, -0.1) is 0 Å². The fourth-order valence-corrected chi connectivity index (χ4v) is 1.66. The van der Waals surface area contributed by atoms with E-state index in [0.29, 0.717) is 6.42 Å². The van der Waals surface area contributed by atoms with E-state index in [0.717, 1.165) is 19.4 Å². The van der Waals surface area contributed by atoms with Crippen LogP contribution in [0.3, 0.4) is 0 Å². The van der Waals surface area contributed by atoms with Gasteiger partial charge in [-0.2, -0.15) is 0 Å². The SMILES string of the molecule is Cc1cc[n+](CCCCC(=O)NCCC(=O)O)cc1. The Morgan fingerprint density at radius 2 is 1.89 bits per heavy atom. The zero-order valence-corrected chi connectivity index (χ0v) is 11.3. The second-order valence-corrected chi connectivity index (χ2v) is 4.56. The van der Waals surface area contributed by atoms with Crippen LogP contribution in [0.25, 0.3) is 0 Å². The Bertz CT molecular complexity index is 415. The molecular weight excluding hydrogens is 244 g/mol. The molecule has 0 bridgehead atoms. The first kappa shape index (κ1) is 15.1. The lowest BCUT2D eigenvalue weighted by Crippen LogP contribution is -2.32. The summed E-state index contributed by atoms with van der Waals surface area (Å²) < 4.78 is 2.09. The third-order valence-electron chi connectivity index (χ3n) is 2.79. The molecule has 0 aliphatic heterocycles. The first-order chi connectivity index (χ1) is 9.08. The smallest absolute Gasteiger partial charge is 0.305 e. The molecule has 1 heterocycles. The molecule has 1 rings (SSSR count). The predicted octanol–water partition coefficient (Wildman–Crippen LogP) is 1.04. The Kier molecular flexibility index (Phi) is 6.57. The number of aliphatic carboxylic acids is 1. The number of rotatable bonds is 8. The maximum absolute atomic E-state index is 11.4. The molecule has 0 aliphatic carbocycles. The molecule has 5 nitrogen and oxygen atoms in total. The number of nitrogens with zero attached hydrogens (tertiary/aromatic N) is 1. The third-order valence-corrected chi connectivity index (χ3v) is 2.79. The minimum atomic E-state index is -0.893. The van der Waals surface area contributed by atoms with Crippen molar-refractivity contribution in [2.24, 2.45) is 0 Å². The van der Waals surface area contributed by atoms with E-state index in [1.807, 2.05) is 19.3 Å². The summed E-state index contributed by atoms with van der Waals surface area (Å²) in [4.78, 5) is 21.6. The Balaban J connectivity index is 2.08. The molecule has 0 saturated carbocycles. The summed E-state index contributed by atoms with van der Waals surface area (Å²) >= 11 is 0. The summed E-state index contributed by atoms with van der Waals surface area (Å²) in [7, 11) is 0. The molecule has 0 unspecified atom stereocenters. The summed E-state index contributed by atoms with van der Waals surface area (Å²) in [6, 6.07) is 4.11. The molecule has 0 saturated heterocycles. The van der Waals surface area contributed by atoms with Crippen molar-refractivity contribution in [2.75, 3.05) is 6.54 Å². The lowest BCUT2D eigenvalue weighted by atomic mass is 10.2. The largest absolute Gasteiger partial charge is 0.481 e. The molecule has 0 radical (unpaired) electrons. The molecule has 0 aromatic carbocycles. The van der Waals surface area contributed by atoms with Gasteiger partial charge in [0, 0.05) is 31.5 Å². The highest BCUT2D eigenvalue weighted by atomic mass is 16.4. The number of hydrogen-bond acceptors (Lipinski definition) is 2. The van der Waals surface area contributed by atoms with Crippen LogP contribution >= 0.6 is 0 Å². The summed E-state index contributed by atoms with van der Waals surface area (Å²) in [6.07, 6.45) is 6.22. The van der Waals surface area contributed by atoms with Gasteiger partial charge in [-0.1, -0.05) is 0 Å². The summed E-state index contributed by atoms with van der Waals surface area (Å²) in [6.45, 7) is 3.15. The Morgan fingerprint density at radius 3 is 2.53 bits per heavy atom. The highest BCUT2D eigenvalue weighted by Crippen LogP contribution is 1.96.